The number of methoxy groups -OCH3 is 2. The molecule has 0 saturated heterocycles. The fraction of sp³-hybridized carbons (Fsp3) is 0.500. The fourth-order valence-electron chi connectivity index (χ4n) is 1.33. The molecule has 0 radical (unpaired) electrons. The molecule has 0 amide bonds. The van der Waals surface area contributed by atoms with E-state index in [0.717, 1.165) is 22.1 Å². The van der Waals surface area contributed by atoms with Crippen molar-refractivity contribution in [3.05, 3.63) is 12.1 Å². The molecular weight excluding hydrogens is 222 g/mol. The number of rotatable bonds is 6. The minimum Gasteiger partial charge on any atom is -0.493 e. The van der Waals surface area contributed by atoms with E-state index < -0.39 is 0 Å². The molecule has 0 saturated carbocycles. The first kappa shape index (κ1) is 13.0. The lowest BCUT2D eigenvalue weighted by Gasteiger charge is -2.11. The summed E-state index contributed by atoms with van der Waals surface area (Å²) in [6.07, 6.45) is 2.39. The van der Waals surface area contributed by atoms with Crippen LogP contribution in [0, 0.1) is 0 Å². The highest BCUT2D eigenvalue weighted by Crippen LogP contribution is 2.36. The first-order valence-electron chi connectivity index (χ1n) is 5.37. The van der Waals surface area contributed by atoms with Crippen LogP contribution in [0.3, 0.4) is 0 Å². The summed E-state index contributed by atoms with van der Waals surface area (Å²) in [4.78, 5) is 1.06. The number of hydrogen-bond acceptors (Lipinski definition) is 4. The third kappa shape index (κ3) is 3.23. The van der Waals surface area contributed by atoms with Crippen LogP contribution in [0.4, 0.5) is 5.69 Å². The largest absolute Gasteiger partial charge is 0.493 e. The van der Waals surface area contributed by atoms with Gasteiger partial charge in [0.05, 0.1) is 14.2 Å². The smallest absolute Gasteiger partial charge is 0.162 e. The predicted octanol–water partition coefficient (Wildman–Crippen LogP) is 3.18. The molecule has 0 unspecified atom stereocenters. The molecule has 0 aliphatic heterocycles. The van der Waals surface area contributed by atoms with Crippen molar-refractivity contribution in [2.45, 2.75) is 24.7 Å². The SMILES string of the molecule is CCCCSc1cc(OC)c(OC)cc1N. The number of anilines is 1. The third-order valence-electron chi connectivity index (χ3n) is 2.27. The second-order valence-corrected chi connectivity index (χ2v) is 4.58. The number of ether oxygens (including phenoxy) is 2. The zero-order valence-corrected chi connectivity index (χ0v) is 10.9. The summed E-state index contributed by atoms with van der Waals surface area (Å²) in [7, 11) is 3.25. The highest BCUT2D eigenvalue weighted by molar-refractivity contribution is 7.99. The molecule has 0 aliphatic carbocycles. The molecule has 16 heavy (non-hydrogen) atoms. The molecule has 4 heteroatoms. The minimum atomic E-state index is 0.680. The summed E-state index contributed by atoms with van der Waals surface area (Å²) in [5.41, 5.74) is 6.70. The van der Waals surface area contributed by atoms with Crippen LogP contribution in [-0.4, -0.2) is 20.0 Å². The van der Waals surface area contributed by atoms with Crippen LogP contribution in [0.2, 0.25) is 0 Å². The molecule has 0 aliphatic rings. The van der Waals surface area contributed by atoms with E-state index in [2.05, 4.69) is 6.92 Å². The standard InChI is InChI=1S/C12H19NO2S/c1-4-5-6-16-12-8-11(15-3)10(14-2)7-9(12)13/h7-8H,4-6,13H2,1-3H3. The Bertz CT molecular complexity index is 342. The number of unbranched alkanes of at least 4 members (excludes halogenated alkanes) is 1. The van der Waals surface area contributed by atoms with Gasteiger partial charge in [-0.1, -0.05) is 13.3 Å². The van der Waals surface area contributed by atoms with Crippen LogP contribution in [0.5, 0.6) is 11.5 Å². The molecule has 1 aromatic carbocycles. The van der Waals surface area contributed by atoms with Crippen molar-refractivity contribution < 1.29 is 9.47 Å². The molecule has 1 rings (SSSR count). The van der Waals surface area contributed by atoms with E-state index in [4.69, 9.17) is 15.2 Å². The second kappa shape index (κ2) is 6.53. The van der Waals surface area contributed by atoms with Crippen LogP contribution in [-0.2, 0) is 0 Å². The predicted molar refractivity (Wildman–Crippen MR) is 69.6 cm³/mol. The first-order chi connectivity index (χ1) is 7.72. The van der Waals surface area contributed by atoms with Gasteiger partial charge >= 0.3 is 0 Å². The molecule has 0 aromatic heterocycles. The van der Waals surface area contributed by atoms with Gasteiger partial charge in [-0.15, -0.1) is 11.8 Å². The van der Waals surface area contributed by atoms with Crippen LogP contribution in [0.25, 0.3) is 0 Å². The first-order valence-corrected chi connectivity index (χ1v) is 6.35. The van der Waals surface area contributed by atoms with Gasteiger partial charge in [0.25, 0.3) is 0 Å². The van der Waals surface area contributed by atoms with Crippen molar-refractivity contribution in [1.82, 2.24) is 0 Å². The van der Waals surface area contributed by atoms with Gasteiger partial charge in [0.1, 0.15) is 0 Å². The van der Waals surface area contributed by atoms with Crippen LogP contribution in [0.1, 0.15) is 19.8 Å². The lowest BCUT2D eigenvalue weighted by Crippen LogP contribution is -1.95. The van der Waals surface area contributed by atoms with Gasteiger partial charge in [0.2, 0.25) is 0 Å². The van der Waals surface area contributed by atoms with Crippen LogP contribution >= 0.6 is 11.8 Å². The summed E-state index contributed by atoms with van der Waals surface area (Å²) >= 11 is 1.76. The number of nitrogen functional groups attached to an aromatic ring is 1. The summed E-state index contributed by atoms with van der Waals surface area (Å²) in [5.74, 6) is 2.49. The highest BCUT2D eigenvalue weighted by Gasteiger charge is 2.09. The van der Waals surface area contributed by atoms with Gasteiger partial charge in [0.15, 0.2) is 11.5 Å². The second-order valence-electron chi connectivity index (χ2n) is 3.45. The number of nitrogens with two attached hydrogens (primary N) is 1. The Hall–Kier alpha value is -1.03. The summed E-state index contributed by atoms with van der Waals surface area (Å²) < 4.78 is 10.4. The average Bonchev–Trinajstić information content (AvgIpc) is 2.31. The van der Waals surface area contributed by atoms with E-state index in [1.54, 1.807) is 26.0 Å². The van der Waals surface area contributed by atoms with Gasteiger partial charge in [-0.25, -0.2) is 0 Å². The van der Waals surface area contributed by atoms with Crippen molar-refractivity contribution in [2.75, 3.05) is 25.7 Å². The maximum atomic E-state index is 5.95. The Balaban J connectivity index is 2.84. The van der Waals surface area contributed by atoms with Crippen molar-refractivity contribution in [3.63, 3.8) is 0 Å². The van der Waals surface area contributed by atoms with Crippen molar-refractivity contribution in [3.8, 4) is 11.5 Å². The van der Waals surface area contributed by atoms with Gasteiger partial charge in [0, 0.05) is 16.6 Å². The van der Waals surface area contributed by atoms with Crippen molar-refractivity contribution in [1.29, 1.82) is 0 Å². The quantitative estimate of drug-likeness (QED) is 0.472. The van der Waals surface area contributed by atoms with E-state index in [9.17, 15) is 0 Å². The Morgan fingerprint density at radius 1 is 1.19 bits per heavy atom. The molecule has 0 bridgehead atoms. The molecular formula is C12H19NO2S. The molecule has 0 heterocycles. The molecule has 2 N–H and O–H groups in total. The molecule has 1 aromatic rings. The normalized spacial score (nSPS) is 10.2. The monoisotopic (exact) mass is 241 g/mol. The van der Waals surface area contributed by atoms with Gasteiger partial charge in [-0.2, -0.15) is 0 Å². The number of benzene rings is 1. The van der Waals surface area contributed by atoms with Gasteiger partial charge in [-0.3, -0.25) is 0 Å². The van der Waals surface area contributed by atoms with Crippen molar-refractivity contribution >= 4 is 17.4 Å². The molecule has 0 fully saturated rings. The fourth-order valence-corrected chi connectivity index (χ4v) is 2.40. The van der Waals surface area contributed by atoms with E-state index in [0.29, 0.717) is 5.75 Å². The van der Waals surface area contributed by atoms with Gasteiger partial charge < -0.3 is 15.2 Å². The maximum absolute atomic E-state index is 5.95. The van der Waals surface area contributed by atoms with E-state index in [1.807, 2.05) is 12.1 Å². The van der Waals surface area contributed by atoms with Crippen LogP contribution < -0.4 is 15.2 Å². The third-order valence-corrected chi connectivity index (χ3v) is 3.43. The lowest BCUT2D eigenvalue weighted by atomic mass is 10.3. The van der Waals surface area contributed by atoms with E-state index in [1.165, 1.54) is 12.8 Å². The summed E-state index contributed by atoms with van der Waals surface area (Å²) in [6, 6.07) is 3.75. The van der Waals surface area contributed by atoms with Crippen LogP contribution in [0.15, 0.2) is 17.0 Å². The Morgan fingerprint density at radius 3 is 2.38 bits per heavy atom. The highest BCUT2D eigenvalue weighted by atomic mass is 32.2. The molecule has 3 nitrogen and oxygen atoms in total. The van der Waals surface area contributed by atoms with E-state index >= 15 is 0 Å². The zero-order valence-electron chi connectivity index (χ0n) is 10.1. The van der Waals surface area contributed by atoms with Gasteiger partial charge in [-0.05, 0) is 18.2 Å². The maximum Gasteiger partial charge on any atom is 0.162 e. The summed E-state index contributed by atoms with van der Waals surface area (Å²) in [5, 5.41) is 0. The molecule has 0 atom stereocenters. The number of hydrogen-bond donors (Lipinski definition) is 1. The number of thioether (sulfide) groups is 1. The Kier molecular flexibility index (Phi) is 5.32. The topological polar surface area (TPSA) is 44.5 Å². The molecule has 0 spiro atoms. The average molecular weight is 241 g/mol. The Morgan fingerprint density at radius 2 is 1.81 bits per heavy atom. The van der Waals surface area contributed by atoms with Crippen molar-refractivity contribution in [2.24, 2.45) is 0 Å². The minimum absolute atomic E-state index is 0.680. The Labute approximate surface area is 101 Å². The zero-order chi connectivity index (χ0) is 12.0. The molecule has 90 valence electrons. The van der Waals surface area contributed by atoms with E-state index in [-0.39, 0.29) is 0 Å². The summed E-state index contributed by atoms with van der Waals surface area (Å²) in [6.45, 7) is 2.18. The lowest BCUT2D eigenvalue weighted by molar-refractivity contribution is 0.354.